The molecule has 0 rings (SSSR count). The van der Waals surface area contributed by atoms with E-state index in [1.54, 1.807) is 34.6 Å². The Hall–Kier alpha value is -1.67. The summed E-state index contributed by atoms with van der Waals surface area (Å²) in [5, 5.41) is 9.49. The van der Waals surface area contributed by atoms with Crippen molar-refractivity contribution in [2.75, 3.05) is 6.54 Å². The Morgan fingerprint density at radius 2 is 1.71 bits per heavy atom. The fourth-order valence-corrected chi connectivity index (χ4v) is 1.97. The maximum absolute atomic E-state index is 12.6. The molecule has 0 aromatic rings. The second-order valence-corrected chi connectivity index (χ2v) is 7.10. The number of hydrogen-bond donors (Lipinski definition) is 3. The summed E-state index contributed by atoms with van der Waals surface area (Å²) in [6.45, 7) is 8.76. The Morgan fingerprint density at radius 3 is 2.08 bits per heavy atom. The quantitative estimate of drug-likeness (QED) is 0.564. The van der Waals surface area contributed by atoms with Crippen molar-refractivity contribution in [2.45, 2.75) is 71.6 Å². The molecule has 140 valence electrons. The van der Waals surface area contributed by atoms with Crippen LogP contribution in [0.1, 0.15) is 53.9 Å². The number of rotatable bonds is 8. The molecule has 0 saturated heterocycles. The van der Waals surface area contributed by atoms with E-state index >= 15 is 0 Å². The van der Waals surface area contributed by atoms with Crippen molar-refractivity contribution in [2.24, 2.45) is 17.4 Å². The Balaban J connectivity index is 5.58. The molecule has 8 heteroatoms. The summed E-state index contributed by atoms with van der Waals surface area (Å²) in [6.07, 6.45) is 0.166. The van der Waals surface area contributed by atoms with E-state index in [-0.39, 0.29) is 12.3 Å². The lowest BCUT2D eigenvalue weighted by molar-refractivity contribution is -0.150. The van der Waals surface area contributed by atoms with Crippen LogP contribution in [0.25, 0.3) is 0 Å². The van der Waals surface area contributed by atoms with Crippen LogP contribution in [-0.2, 0) is 14.3 Å². The molecule has 24 heavy (non-hydrogen) atoms. The molecule has 0 heterocycles. The van der Waals surface area contributed by atoms with Gasteiger partial charge in [0.05, 0.1) is 6.04 Å². The number of hydrogen-bond acceptors (Lipinski definition) is 6. The van der Waals surface area contributed by atoms with Crippen molar-refractivity contribution in [1.29, 1.82) is 0 Å². The molecule has 0 aromatic heterocycles. The molecule has 0 spiro atoms. The van der Waals surface area contributed by atoms with Crippen molar-refractivity contribution in [3.8, 4) is 0 Å². The number of unbranched alkanes of at least 4 members (excludes halogenated alkanes) is 1. The first kappa shape index (κ1) is 22.3. The third kappa shape index (κ3) is 7.27. The zero-order valence-electron chi connectivity index (χ0n) is 15.2. The van der Waals surface area contributed by atoms with E-state index in [0.29, 0.717) is 24.3 Å². The summed E-state index contributed by atoms with van der Waals surface area (Å²) in [6, 6.07) is -2.32. The lowest BCUT2D eigenvalue weighted by Crippen LogP contribution is -2.56. The summed E-state index contributed by atoms with van der Waals surface area (Å²) >= 11 is 0. The third-order valence-electron chi connectivity index (χ3n) is 3.36. The molecule has 0 aliphatic carbocycles. The number of aliphatic carboxylic acids is 1. The fraction of sp³-hybridized carbons (Fsp3) is 0.812. The summed E-state index contributed by atoms with van der Waals surface area (Å²) in [7, 11) is 0. The lowest BCUT2D eigenvalue weighted by Gasteiger charge is -2.32. The molecule has 0 aliphatic rings. The van der Waals surface area contributed by atoms with Gasteiger partial charge in [-0.2, -0.15) is 0 Å². The van der Waals surface area contributed by atoms with Gasteiger partial charge in [-0.25, -0.2) is 14.5 Å². The minimum Gasteiger partial charge on any atom is -0.480 e. The maximum Gasteiger partial charge on any atom is 0.417 e. The molecule has 0 saturated carbocycles. The standard InChI is InChI=1S/C16H31N3O5/c1-10(2)12(18)13(20)19(15(23)24-16(3,4)5)11(14(21)22)8-6-7-9-17/h10-12H,6-9,17-18H2,1-5H3,(H,21,22)/t11-,12-/m0/s1. The van der Waals surface area contributed by atoms with Crippen molar-refractivity contribution in [3.63, 3.8) is 0 Å². The number of carboxylic acids is 1. The maximum atomic E-state index is 12.6. The summed E-state index contributed by atoms with van der Waals surface area (Å²) in [5.41, 5.74) is 10.4. The van der Waals surface area contributed by atoms with Gasteiger partial charge in [0, 0.05) is 0 Å². The SMILES string of the molecule is CC(C)[C@H](N)C(=O)N(C(=O)OC(C)(C)C)[C@@H](CCCCN)C(=O)O. The molecule has 0 bridgehead atoms. The van der Waals surface area contributed by atoms with Crippen LogP contribution < -0.4 is 11.5 Å². The zero-order chi connectivity index (χ0) is 19.1. The minimum atomic E-state index is -1.33. The molecule has 2 atom stereocenters. The van der Waals surface area contributed by atoms with Crippen molar-refractivity contribution in [3.05, 3.63) is 0 Å². The Kier molecular flexibility index (Phi) is 8.92. The molecule has 5 N–H and O–H groups in total. The number of carbonyl (C=O) groups is 3. The number of imide groups is 1. The van der Waals surface area contributed by atoms with Crippen LogP contribution in [0, 0.1) is 5.92 Å². The number of carbonyl (C=O) groups excluding carboxylic acids is 2. The Morgan fingerprint density at radius 1 is 1.17 bits per heavy atom. The summed E-state index contributed by atoms with van der Waals surface area (Å²) in [4.78, 5) is 37.3. The molecule has 0 aromatic carbocycles. The number of amides is 2. The van der Waals surface area contributed by atoms with Crippen molar-refractivity contribution >= 4 is 18.0 Å². The van der Waals surface area contributed by atoms with E-state index in [2.05, 4.69) is 0 Å². The second-order valence-electron chi connectivity index (χ2n) is 7.10. The van der Waals surface area contributed by atoms with Gasteiger partial charge in [-0.1, -0.05) is 13.8 Å². The highest BCUT2D eigenvalue weighted by Gasteiger charge is 2.39. The van der Waals surface area contributed by atoms with Gasteiger partial charge in [0.15, 0.2) is 0 Å². The number of nitrogens with zero attached hydrogens (tertiary/aromatic N) is 1. The predicted octanol–water partition coefficient (Wildman–Crippen LogP) is 1.32. The van der Waals surface area contributed by atoms with Crippen LogP contribution in [0.3, 0.4) is 0 Å². The number of nitrogens with two attached hydrogens (primary N) is 2. The first-order valence-electron chi connectivity index (χ1n) is 8.16. The van der Waals surface area contributed by atoms with Gasteiger partial charge in [0.2, 0.25) is 5.91 Å². The van der Waals surface area contributed by atoms with E-state index in [1.165, 1.54) is 0 Å². The van der Waals surface area contributed by atoms with Crippen LogP contribution in [0.4, 0.5) is 4.79 Å². The Bertz CT molecular complexity index is 445. The molecule has 0 unspecified atom stereocenters. The average Bonchev–Trinajstić information content (AvgIpc) is 2.42. The smallest absolute Gasteiger partial charge is 0.417 e. The third-order valence-corrected chi connectivity index (χ3v) is 3.36. The van der Waals surface area contributed by atoms with E-state index in [9.17, 15) is 19.5 Å². The number of ether oxygens (including phenoxy) is 1. The van der Waals surface area contributed by atoms with Gasteiger partial charge in [0.1, 0.15) is 11.6 Å². The van der Waals surface area contributed by atoms with Gasteiger partial charge in [-0.05, 0) is 52.5 Å². The molecule has 8 nitrogen and oxygen atoms in total. The zero-order valence-corrected chi connectivity index (χ0v) is 15.2. The van der Waals surface area contributed by atoms with E-state index in [1.807, 2.05) is 0 Å². The van der Waals surface area contributed by atoms with Gasteiger partial charge in [-0.3, -0.25) is 4.79 Å². The van der Waals surface area contributed by atoms with E-state index < -0.39 is 35.7 Å². The fourth-order valence-electron chi connectivity index (χ4n) is 1.97. The van der Waals surface area contributed by atoms with Gasteiger partial charge in [-0.15, -0.1) is 0 Å². The highest BCUT2D eigenvalue weighted by Crippen LogP contribution is 2.18. The largest absolute Gasteiger partial charge is 0.480 e. The van der Waals surface area contributed by atoms with Crippen LogP contribution in [0.15, 0.2) is 0 Å². The predicted molar refractivity (Wildman–Crippen MR) is 90.2 cm³/mol. The first-order valence-corrected chi connectivity index (χ1v) is 8.16. The first-order chi connectivity index (χ1) is 10.9. The van der Waals surface area contributed by atoms with E-state index in [0.717, 1.165) is 0 Å². The average molecular weight is 345 g/mol. The van der Waals surface area contributed by atoms with Crippen LogP contribution in [-0.4, -0.2) is 52.2 Å². The summed E-state index contributed by atoms with van der Waals surface area (Å²) in [5.74, 6) is -2.28. The molecule has 2 amide bonds. The molecule has 0 aliphatic heterocycles. The Labute approximate surface area is 143 Å². The molecule has 0 fully saturated rings. The van der Waals surface area contributed by atoms with Crippen molar-refractivity contribution < 1.29 is 24.2 Å². The summed E-state index contributed by atoms with van der Waals surface area (Å²) < 4.78 is 5.21. The van der Waals surface area contributed by atoms with Crippen LogP contribution in [0.2, 0.25) is 0 Å². The molecular formula is C16H31N3O5. The van der Waals surface area contributed by atoms with Gasteiger partial charge < -0.3 is 21.3 Å². The van der Waals surface area contributed by atoms with Crippen molar-refractivity contribution in [1.82, 2.24) is 4.90 Å². The van der Waals surface area contributed by atoms with E-state index in [4.69, 9.17) is 16.2 Å². The molecule has 0 radical (unpaired) electrons. The number of carboxylic acid groups (broad SMARTS) is 1. The second kappa shape index (κ2) is 9.58. The molecular weight excluding hydrogens is 314 g/mol. The highest BCUT2D eigenvalue weighted by molar-refractivity contribution is 5.99. The monoisotopic (exact) mass is 345 g/mol. The van der Waals surface area contributed by atoms with Gasteiger partial charge >= 0.3 is 12.1 Å². The highest BCUT2D eigenvalue weighted by atomic mass is 16.6. The topological polar surface area (TPSA) is 136 Å². The van der Waals surface area contributed by atoms with Crippen LogP contribution in [0.5, 0.6) is 0 Å². The normalized spacial score (nSPS) is 14.2. The van der Waals surface area contributed by atoms with Crippen LogP contribution >= 0.6 is 0 Å². The lowest BCUT2D eigenvalue weighted by atomic mass is 10.0. The van der Waals surface area contributed by atoms with Gasteiger partial charge in [0.25, 0.3) is 0 Å². The minimum absolute atomic E-state index is 0.0995.